The van der Waals surface area contributed by atoms with Gasteiger partial charge >= 0.3 is 5.97 Å². The average molecular weight is 131 g/mol. The van der Waals surface area contributed by atoms with Gasteiger partial charge in [0, 0.05) is 0 Å². The molecule has 0 heterocycles. The van der Waals surface area contributed by atoms with Crippen molar-refractivity contribution in [3.05, 3.63) is 0 Å². The van der Waals surface area contributed by atoms with E-state index in [0.29, 0.717) is 0 Å². The highest BCUT2D eigenvalue weighted by Crippen LogP contribution is 2.33. The molecule has 3 N–H and O–H groups in total. The first-order valence-corrected chi connectivity index (χ1v) is 2.84. The highest BCUT2D eigenvalue weighted by molar-refractivity contribution is 5.73. The second-order valence-corrected chi connectivity index (χ2v) is 2.23. The fraction of sp³-hybridized carbons (Fsp3) is 0.800. The van der Waals surface area contributed by atoms with E-state index in [9.17, 15) is 4.79 Å². The van der Waals surface area contributed by atoms with E-state index in [0.717, 1.165) is 12.8 Å². The van der Waals surface area contributed by atoms with Gasteiger partial charge < -0.3 is 5.11 Å². The lowest BCUT2D eigenvalue weighted by Gasteiger charge is -2.05. The summed E-state index contributed by atoms with van der Waals surface area (Å²) in [5.74, 6) is 3.94. The van der Waals surface area contributed by atoms with Crippen molar-refractivity contribution in [2.75, 3.05) is 0 Å². The van der Waals surface area contributed by atoms with Crippen LogP contribution in [0.2, 0.25) is 0 Å². The van der Waals surface area contributed by atoms with E-state index in [-0.39, 0.29) is 5.92 Å². The van der Waals surface area contributed by atoms with Crippen molar-refractivity contribution in [1.82, 2.24) is 0 Å². The fourth-order valence-electron chi connectivity index (χ4n) is 0.770. The molecular weight excluding hydrogens is 122 g/mol. The van der Waals surface area contributed by atoms with Gasteiger partial charge in [0.15, 0.2) is 6.10 Å². The molecule has 0 aliphatic heterocycles. The standard InChI is InChI=1S/C5H9NO3/c6-9-4(5(7)8)3-1-2-3/h3-4H,1-2,6H2,(H,7,8)/t4-/m1/s1. The van der Waals surface area contributed by atoms with Crippen molar-refractivity contribution < 1.29 is 14.7 Å². The smallest absolute Gasteiger partial charge is 0.335 e. The van der Waals surface area contributed by atoms with Crippen LogP contribution in [0.3, 0.4) is 0 Å². The predicted octanol–water partition coefficient (Wildman–Crippen LogP) is -0.260. The lowest BCUT2D eigenvalue weighted by molar-refractivity contribution is -0.152. The van der Waals surface area contributed by atoms with E-state index >= 15 is 0 Å². The molecule has 0 aromatic rings. The molecule has 0 aromatic heterocycles. The number of carboxylic acids is 1. The summed E-state index contributed by atoms with van der Waals surface area (Å²) >= 11 is 0. The van der Waals surface area contributed by atoms with Gasteiger partial charge in [-0.2, -0.15) is 0 Å². The van der Waals surface area contributed by atoms with Crippen LogP contribution in [0.15, 0.2) is 0 Å². The molecule has 1 aliphatic rings. The maximum atomic E-state index is 10.2. The minimum absolute atomic E-state index is 0.160. The van der Waals surface area contributed by atoms with Crippen molar-refractivity contribution in [2.45, 2.75) is 18.9 Å². The van der Waals surface area contributed by atoms with E-state index in [2.05, 4.69) is 4.84 Å². The molecule has 4 heteroatoms. The maximum absolute atomic E-state index is 10.2. The summed E-state index contributed by atoms with van der Waals surface area (Å²) in [5, 5.41) is 8.38. The molecule has 9 heavy (non-hydrogen) atoms. The second-order valence-electron chi connectivity index (χ2n) is 2.23. The van der Waals surface area contributed by atoms with Crippen LogP contribution in [-0.4, -0.2) is 17.2 Å². The number of aliphatic carboxylic acids is 1. The lowest BCUT2D eigenvalue weighted by Crippen LogP contribution is -2.28. The SMILES string of the molecule is NO[C@@H](C(=O)O)C1CC1. The summed E-state index contributed by atoms with van der Waals surface area (Å²) in [7, 11) is 0. The number of nitrogens with two attached hydrogens (primary N) is 1. The molecule has 1 fully saturated rings. The molecule has 0 spiro atoms. The Morgan fingerprint density at radius 1 is 1.78 bits per heavy atom. The monoisotopic (exact) mass is 131 g/mol. The Bertz CT molecular complexity index is 121. The Hall–Kier alpha value is -0.610. The third-order valence-corrected chi connectivity index (χ3v) is 1.44. The molecular formula is C5H9NO3. The van der Waals surface area contributed by atoms with Crippen LogP contribution in [-0.2, 0) is 9.63 Å². The van der Waals surface area contributed by atoms with Gasteiger partial charge in [-0.15, -0.1) is 0 Å². The Morgan fingerprint density at radius 3 is 2.44 bits per heavy atom. The van der Waals surface area contributed by atoms with Crippen LogP contribution in [0.25, 0.3) is 0 Å². The molecule has 0 radical (unpaired) electrons. The molecule has 4 nitrogen and oxygen atoms in total. The van der Waals surface area contributed by atoms with Gasteiger partial charge in [-0.1, -0.05) is 0 Å². The van der Waals surface area contributed by atoms with E-state index < -0.39 is 12.1 Å². The van der Waals surface area contributed by atoms with Gasteiger partial charge in [0.2, 0.25) is 0 Å². The first kappa shape index (κ1) is 6.51. The molecule has 1 saturated carbocycles. The molecule has 1 aliphatic carbocycles. The minimum atomic E-state index is -0.958. The van der Waals surface area contributed by atoms with Gasteiger partial charge in [-0.05, 0) is 18.8 Å². The zero-order valence-electron chi connectivity index (χ0n) is 4.91. The number of hydrogen-bond donors (Lipinski definition) is 2. The first-order chi connectivity index (χ1) is 4.25. The highest BCUT2D eigenvalue weighted by atomic mass is 16.6. The number of rotatable bonds is 3. The Kier molecular flexibility index (Phi) is 1.68. The Morgan fingerprint density at radius 2 is 2.33 bits per heavy atom. The largest absolute Gasteiger partial charge is 0.479 e. The summed E-state index contributed by atoms with van der Waals surface area (Å²) in [6.07, 6.45) is 1.08. The fourth-order valence-corrected chi connectivity index (χ4v) is 0.770. The van der Waals surface area contributed by atoms with Crippen molar-refractivity contribution in [2.24, 2.45) is 11.8 Å². The minimum Gasteiger partial charge on any atom is -0.479 e. The van der Waals surface area contributed by atoms with Crippen LogP contribution < -0.4 is 5.90 Å². The van der Waals surface area contributed by atoms with Gasteiger partial charge in [0.25, 0.3) is 0 Å². The lowest BCUT2D eigenvalue weighted by atomic mass is 10.2. The van der Waals surface area contributed by atoms with Crippen molar-refractivity contribution in [3.63, 3.8) is 0 Å². The van der Waals surface area contributed by atoms with Crippen molar-refractivity contribution in [1.29, 1.82) is 0 Å². The molecule has 0 unspecified atom stereocenters. The quantitative estimate of drug-likeness (QED) is 0.517. The van der Waals surface area contributed by atoms with E-state index in [1.54, 1.807) is 0 Å². The van der Waals surface area contributed by atoms with Crippen LogP contribution in [0.4, 0.5) is 0 Å². The van der Waals surface area contributed by atoms with Crippen LogP contribution in [0.5, 0.6) is 0 Å². The third kappa shape index (κ3) is 1.40. The predicted molar refractivity (Wildman–Crippen MR) is 29.4 cm³/mol. The van der Waals surface area contributed by atoms with Crippen LogP contribution in [0, 0.1) is 5.92 Å². The van der Waals surface area contributed by atoms with E-state index in [1.165, 1.54) is 0 Å². The van der Waals surface area contributed by atoms with E-state index in [1.807, 2.05) is 0 Å². The number of carboxylic acid groups (broad SMARTS) is 1. The van der Waals surface area contributed by atoms with Gasteiger partial charge in [0.05, 0.1) is 0 Å². The molecule has 0 aromatic carbocycles. The molecule has 1 rings (SSSR count). The normalized spacial score (nSPS) is 21.4. The summed E-state index contributed by atoms with van der Waals surface area (Å²) in [6, 6.07) is 0. The topological polar surface area (TPSA) is 72.5 Å². The summed E-state index contributed by atoms with van der Waals surface area (Å²) in [6.45, 7) is 0. The second kappa shape index (κ2) is 2.33. The number of hydrogen-bond acceptors (Lipinski definition) is 3. The average Bonchev–Trinajstić information content (AvgIpc) is 2.50. The van der Waals surface area contributed by atoms with Gasteiger partial charge in [0.1, 0.15) is 0 Å². The Balaban J connectivity index is 2.37. The zero-order valence-corrected chi connectivity index (χ0v) is 4.91. The highest BCUT2D eigenvalue weighted by Gasteiger charge is 2.36. The van der Waals surface area contributed by atoms with Gasteiger partial charge in [-0.3, -0.25) is 4.84 Å². The summed E-state index contributed by atoms with van der Waals surface area (Å²) < 4.78 is 0. The number of carbonyl (C=O) groups is 1. The van der Waals surface area contributed by atoms with Crippen LogP contribution >= 0.6 is 0 Å². The molecule has 52 valence electrons. The first-order valence-electron chi connectivity index (χ1n) is 2.84. The van der Waals surface area contributed by atoms with Crippen LogP contribution in [0.1, 0.15) is 12.8 Å². The van der Waals surface area contributed by atoms with Gasteiger partial charge in [-0.25, -0.2) is 10.7 Å². The molecule has 0 amide bonds. The van der Waals surface area contributed by atoms with Crippen molar-refractivity contribution in [3.8, 4) is 0 Å². The maximum Gasteiger partial charge on any atom is 0.335 e. The zero-order chi connectivity index (χ0) is 6.85. The Labute approximate surface area is 52.6 Å². The third-order valence-electron chi connectivity index (χ3n) is 1.44. The summed E-state index contributed by atoms with van der Waals surface area (Å²) in [4.78, 5) is 14.4. The molecule has 0 saturated heterocycles. The molecule has 0 bridgehead atoms. The van der Waals surface area contributed by atoms with E-state index in [4.69, 9.17) is 11.0 Å². The summed E-state index contributed by atoms with van der Waals surface area (Å²) in [5.41, 5.74) is 0. The molecule has 1 atom stereocenters. The van der Waals surface area contributed by atoms with Crippen molar-refractivity contribution >= 4 is 5.97 Å².